The quantitative estimate of drug-likeness (QED) is 0.0388. The van der Waals surface area contributed by atoms with E-state index in [1.165, 1.54) is 141 Å². The number of unbranched alkanes of at least 4 members (excludes halogenated alkanes) is 22. The molecule has 43 heavy (non-hydrogen) atoms. The van der Waals surface area contributed by atoms with Crippen LogP contribution in [-0.2, 0) is 9.59 Å². The van der Waals surface area contributed by atoms with Crippen molar-refractivity contribution < 1.29 is 19.8 Å². The third kappa shape index (κ3) is 47.6. The first-order valence-electron chi connectivity index (χ1n) is 18.0. The van der Waals surface area contributed by atoms with Crippen molar-refractivity contribution in [2.75, 3.05) is 0 Å². The van der Waals surface area contributed by atoms with Crippen molar-refractivity contribution in [1.29, 1.82) is 0 Å². The van der Waals surface area contributed by atoms with E-state index in [-0.39, 0.29) is 72.5 Å². The van der Waals surface area contributed by atoms with Gasteiger partial charge in [-0.05, 0) is 38.5 Å². The molecule has 0 radical (unpaired) electrons. The molecule has 0 amide bonds. The molecule has 0 bridgehead atoms. The molecular formula is C36H68BaCl2O4. The molecule has 0 saturated heterocycles. The topological polar surface area (TPSA) is 80.3 Å². The standard InChI is InChI=1S/2C18H35ClO2.Ba/c2*1-2-3-4-5-6-7-8-9-10-11-12-13-14-17(19)15-16-18(20)21;/h2*17H,2-16H2,1H3,(H,20,21);/q;;+2/p-2. The van der Waals surface area contributed by atoms with Crippen LogP contribution in [0.4, 0.5) is 0 Å². The predicted molar refractivity (Wildman–Crippen MR) is 185 cm³/mol. The minimum atomic E-state index is -0.990. The molecule has 0 rings (SSSR count). The molecule has 0 saturated carbocycles. The summed E-state index contributed by atoms with van der Waals surface area (Å²) in [6.45, 7) is 4.52. The van der Waals surface area contributed by atoms with E-state index in [1.807, 2.05) is 0 Å². The molecule has 0 spiro atoms. The molecule has 0 aliphatic rings. The summed E-state index contributed by atoms with van der Waals surface area (Å²) in [5.41, 5.74) is 0. The average molecular weight is 773 g/mol. The molecule has 0 aromatic heterocycles. The van der Waals surface area contributed by atoms with Gasteiger partial charge in [0, 0.05) is 22.7 Å². The van der Waals surface area contributed by atoms with Gasteiger partial charge in [-0.3, -0.25) is 0 Å². The summed E-state index contributed by atoms with van der Waals surface area (Å²) >= 11 is 12.1. The Kier molecular flexibility index (Phi) is 46.4. The summed E-state index contributed by atoms with van der Waals surface area (Å²) < 4.78 is 0. The Morgan fingerprint density at radius 1 is 0.419 bits per heavy atom. The normalized spacial score (nSPS) is 12.2. The molecule has 2 unspecified atom stereocenters. The summed E-state index contributed by atoms with van der Waals surface area (Å²) in [5, 5.41) is 20.6. The van der Waals surface area contributed by atoms with Gasteiger partial charge < -0.3 is 19.8 Å². The predicted octanol–water partition coefficient (Wildman–Crippen LogP) is 10.0. The average Bonchev–Trinajstić information content (AvgIpc) is 2.96. The van der Waals surface area contributed by atoms with Crippen molar-refractivity contribution in [2.24, 2.45) is 0 Å². The van der Waals surface area contributed by atoms with Crippen LogP contribution in [0.2, 0.25) is 0 Å². The molecule has 7 heteroatoms. The number of aliphatic carboxylic acids is 2. The molecule has 0 aromatic carbocycles. The first-order valence-corrected chi connectivity index (χ1v) is 18.9. The fraction of sp³-hybridized carbons (Fsp3) is 0.944. The summed E-state index contributed by atoms with van der Waals surface area (Å²) in [7, 11) is 0. The Bertz CT molecular complexity index is 517. The van der Waals surface area contributed by atoms with Crippen LogP contribution in [0.5, 0.6) is 0 Å². The molecule has 0 aliphatic heterocycles. The molecule has 4 nitrogen and oxygen atoms in total. The maximum atomic E-state index is 10.3. The van der Waals surface area contributed by atoms with Crippen LogP contribution < -0.4 is 10.2 Å². The second-order valence-electron chi connectivity index (χ2n) is 12.4. The van der Waals surface area contributed by atoms with E-state index in [1.54, 1.807) is 0 Å². The maximum absolute atomic E-state index is 10.3. The molecule has 2 atom stereocenters. The van der Waals surface area contributed by atoms with Gasteiger partial charge in [0.15, 0.2) is 0 Å². The Morgan fingerprint density at radius 3 is 0.837 bits per heavy atom. The van der Waals surface area contributed by atoms with E-state index in [0.717, 1.165) is 25.7 Å². The van der Waals surface area contributed by atoms with Crippen LogP contribution in [-0.4, -0.2) is 71.6 Å². The Balaban J connectivity index is -0.000000727. The minimum Gasteiger partial charge on any atom is -0.550 e. The van der Waals surface area contributed by atoms with Crippen LogP contribution in [0, 0.1) is 0 Å². The molecule has 0 fully saturated rings. The number of hydrogen-bond acceptors (Lipinski definition) is 4. The Morgan fingerprint density at radius 2 is 0.628 bits per heavy atom. The number of alkyl halides is 2. The second kappa shape index (κ2) is 41.1. The smallest absolute Gasteiger partial charge is 0.550 e. The van der Waals surface area contributed by atoms with Crippen LogP contribution in [0.25, 0.3) is 0 Å². The Labute approximate surface area is 318 Å². The minimum absolute atomic E-state index is 0. The van der Waals surface area contributed by atoms with Crippen molar-refractivity contribution >= 4 is 84.0 Å². The van der Waals surface area contributed by atoms with Gasteiger partial charge in [0.2, 0.25) is 0 Å². The summed E-state index contributed by atoms with van der Waals surface area (Å²) in [6, 6.07) is 0. The fourth-order valence-corrected chi connectivity index (χ4v) is 5.78. The van der Waals surface area contributed by atoms with Crippen LogP contribution in [0.3, 0.4) is 0 Å². The SMILES string of the molecule is CCCCCCCCCCCCCCC(Cl)CCC(=O)[O-].CCCCCCCCCCCCCCC(Cl)CCC(=O)[O-].[Ba+2]. The van der Waals surface area contributed by atoms with E-state index in [9.17, 15) is 19.8 Å². The number of rotatable bonds is 32. The van der Waals surface area contributed by atoms with Gasteiger partial charge in [0.1, 0.15) is 0 Å². The molecule has 252 valence electrons. The molecule has 0 N–H and O–H groups in total. The van der Waals surface area contributed by atoms with Crippen molar-refractivity contribution in [3.8, 4) is 0 Å². The van der Waals surface area contributed by atoms with E-state index >= 15 is 0 Å². The van der Waals surface area contributed by atoms with E-state index in [2.05, 4.69) is 13.8 Å². The van der Waals surface area contributed by atoms with Gasteiger partial charge >= 0.3 is 48.9 Å². The van der Waals surface area contributed by atoms with Crippen LogP contribution in [0.1, 0.15) is 206 Å². The monoisotopic (exact) mass is 772 g/mol. The number of carbonyl (C=O) groups excluding carboxylic acids is 2. The molecule has 0 aliphatic carbocycles. The fourth-order valence-electron chi connectivity index (χ4n) is 5.25. The van der Waals surface area contributed by atoms with Gasteiger partial charge in [-0.15, -0.1) is 23.2 Å². The number of hydrogen-bond donors (Lipinski definition) is 0. The molecule has 0 heterocycles. The van der Waals surface area contributed by atoms with Crippen LogP contribution in [0.15, 0.2) is 0 Å². The van der Waals surface area contributed by atoms with E-state index in [0.29, 0.717) is 12.8 Å². The van der Waals surface area contributed by atoms with Gasteiger partial charge in [-0.1, -0.05) is 168 Å². The first kappa shape index (κ1) is 48.5. The summed E-state index contributed by atoms with van der Waals surface area (Å²) in [6.07, 6.45) is 35.3. The van der Waals surface area contributed by atoms with E-state index < -0.39 is 11.9 Å². The zero-order valence-corrected chi connectivity index (χ0v) is 34.4. The Hall–Kier alpha value is 1.09. The maximum Gasteiger partial charge on any atom is 2.00 e. The first-order chi connectivity index (χ1) is 20.3. The largest absolute Gasteiger partial charge is 2.00 e. The van der Waals surface area contributed by atoms with Crippen molar-refractivity contribution in [3.63, 3.8) is 0 Å². The van der Waals surface area contributed by atoms with E-state index in [4.69, 9.17) is 23.2 Å². The number of halogens is 2. The van der Waals surface area contributed by atoms with Crippen molar-refractivity contribution in [3.05, 3.63) is 0 Å². The van der Waals surface area contributed by atoms with Gasteiger partial charge in [0.25, 0.3) is 0 Å². The molecular weight excluding hydrogens is 705 g/mol. The van der Waals surface area contributed by atoms with Crippen LogP contribution >= 0.6 is 23.2 Å². The summed E-state index contributed by atoms with van der Waals surface area (Å²) in [5.74, 6) is -1.98. The third-order valence-electron chi connectivity index (χ3n) is 8.07. The van der Waals surface area contributed by atoms with Crippen molar-refractivity contribution in [1.82, 2.24) is 0 Å². The second-order valence-corrected chi connectivity index (χ2v) is 13.6. The zero-order chi connectivity index (χ0) is 31.5. The van der Waals surface area contributed by atoms with Gasteiger partial charge in [0.05, 0.1) is 0 Å². The number of carboxylic acid groups (broad SMARTS) is 2. The number of carboxylic acids is 2. The van der Waals surface area contributed by atoms with Gasteiger partial charge in [-0.25, -0.2) is 0 Å². The van der Waals surface area contributed by atoms with Crippen molar-refractivity contribution in [2.45, 2.75) is 217 Å². The zero-order valence-electron chi connectivity index (χ0n) is 28.5. The van der Waals surface area contributed by atoms with Gasteiger partial charge in [-0.2, -0.15) is 0 Å². The number of carbonyl (C=O) groups is 2. The third-order valence-corrected chi connectivity index (χ3v) is 8.94. The summed E-state index contributed by atoms with van der Waals surface area (Å²) in [4.78, 5) is 20.6. The molecule has 0 aromatic rings.